The summed E-state index contributed by atoms with van der Waals surface area (Å²) in [5.41, 5.74) is 0.394. The average Bonchev–Trinajstić information content (AvgIpc) is 2.11. The Bertz CT molecular complexity index is 112. The van der Waals surface area contributed by atoms with E-state index in [4.69, 9.17) is 0 Å². The fourth-order valence-corrected chi connectivity index (χ4v) is 1.54. The highest BCUT2D eigenvalue weighted by atomic mass is 15.2. The first kappa shape index (κ1) is 8.06. The van der Waals surface area contributed by atoms with Gasteiger partial charge in [0.15, 0.2) is 0 Å². The van der Waals surface area contributed by atoms with Crippen LogP contribution in [0.25, 0.3) is 0 Å². The molecular weight excluding hydrogens is 122 g/mol. The topological polar surface area (TPSA) is 3.24 Å². The van der Waals surface area contributed by atoms with Crippen molar-refractivity contribution in [2.45, 2.75) is 39.7 Å². The lowest BCUT2D eigenvalue weighted by atomic mass is 10.1. The summed E-state index contributed by atoms with van der Waals surface area (Å²) in [7, 11) is 0. The Hall–Kier alpha value is -0.0400. The van der Waals surface area contributed by atoms with Crippen molar-refractivity contribution in [1.82, 2.24) is 4.90 Å². The van der Waals surface area contributed by atoms with Crippen molar-refractivity contribution >= 4 is 0 Å². The van der Waals surface area contributed by atoms with Crippen LogP contribution in [0.5, 0.6) is 0 Å². The summed E-state index contributed by atoms with van der Waals surface area (Å²) in [5, 5.41) is 0. The van der Waals surface area contributed by atoms with Crippen LogP contribution in [0.15, 0.2) is 0 Å². The minimum Gasteiger partial charge on any atom is -0.298 e. The van der Waals surface area contributed by atoms with Crippen molar-refractivity contribution in [3.8, 4) is 0 Å². The normalized spacial score (nSPS) is 29.4. The van der Waals surface area contributed by atoms with Gasteiger partial charge in [0.25, 0.3) is 0 Å². The number of hydrogen-bond donors (Lipinski definition) is 0. The van der Waals surface area contributed by atoms with E-state index in [0.29, 0.717) is 5.54 Å². The van der Waals surface area contributed by atoms with Crippen LogP contribution < -0.4 is 0 Å². The number of rotatable bonds is 0. The summed E-state index contributed by atoms with van der Waals surface area (Å²) < 4.78 is 0. The van der Waals surface area contributed by atoms with Gasteiger partial charge in [-0.15, -0.1) is 0 Å². The van der Waals surface area contributed by atoms with Crippen molar-refractivity contribution in [3.63, 3.8) is 0 Å². The molecule has 1 heterocycles. The zero-order chi connectivity index (χ0) is 7.78. The molecule has 1 saturated heterocycles. The van der Waals surface area contributed by atoms with E-state index in [1.807, 2.05) is 0 Å². The van der Waals surface area contributed by atoms with Gasteiger partial charge in [0.05, 0.1) is 0 Å². The fourth-order valence-electron chi connectivity index (χ4n) is 1.54. The van der Waals surface area contributed by atoms with Crippen molar-refractivity contribution < 1.29 is 0 Å². The third-order valence-electron chi connectivity index (χ3n) is 2.37. The van der Waals surface area contributed by atoms with Crippen LogP contribution in [0.4, 0.5) is 0 Å². The van der Waals surface area contributed by atoms with Gasteiger partial charge in [-0.25, -0.2) is 0 Å². The zero-order valence-electron chi connectivity index (χ0n) is 7.65. The van der Waals surface area contributed by atoms with Crippen molar-refractivity contribution in [1.29, 1.82) is 0 Å². The molecule has 0 aromatic heterocycles. The molecule has 10 heavy (non-hydrogen) atoms. The minimum atomic E-state index is 0.394. The molecule has 0 saturated carbocycles. The second-order valence-corrected chi connectivity index (χ2v) is 4.51. The van der Waals surface area contributed by atoms with Crippen molar-refractivity contribution in [3.05, 3.63) is 0 Å². The maximum atomic E-state index is 2.57. The molecule has 0 aromatic carbocycles. The number of hydrogen-bond acceptors (Lipinski definition) is 1. The maximum Gasteiger partial charge on any atom is 0.0125 e. The monoisotopic (exact) mass is 141 g/mol. The highest BCUT2D eigenvalue weighted by Gasteiger charge is 2.27. The van der Waals surface area contributed by atoms with Crippen LogP contribution >= 0.6 is 0 Å². The maximum absolute atomic E-state index is 2.57. The van der Waals surface area contributed by atoms with Crippen LogP contribution in [-0.2, 0) is 0 Å². The van der Waals surface area contributed by atoms with Crippen LogP contribution in [0.3, 0.4) is 0 Å². The van der Waals surface area contributed by atoms with Gasteiger partial charge in [0.2, 0.25) is 0 Å². The first-order valence-electron chi connectivity index (χ1n) is 4.25. The van der Waals surface area contributed by atoms with E-state index in [1.54, 1.807) is 0 Å². The van der Waals surface area contributed by atoms with Crippen LogP contribution in [0, 0.1) is 5.92 Å². The highest BCUT2D eigenvalue weighted by Crippen LogP contribution is 2.23. The predicted octanol–water partition coefficient (Wildman–Crippen LogP) is 2.13. The van der Waals surface area contributed by atoms with Gasteiger partial charge in [0.1, 0.15) is 0 Å². The largest absolute Gasteiger partial charge is 0.298 e. The van der Waals surface area contributed by atoms with E-state index in [1.165, 1.54) is 19.5 Å². The van der Waals surface area contributed by atoms with E-state index in [9.17, 15) is 0 Å². The highest BCUT2D eigenvalue weighted by molar-refractivity contribution is 4.82. The first-order valence-corrected chi connectivity index (χ1v) is 4.25. The quantitative estimate of drug-likeness (QED) is 0.499. The Labute approximate surface area is 64.4 Å². The lowest BCUT2D eigenvalue weighted by Crippen LogP contribution is -2.39. The molecule has 60 valence electrons. The van der Waals surface area contributed by atoms with Crippen LogP contribution in [0.1, 0.15) is 34.1 Å². The van der Waals surface area contributed by atoms with Gasteiger partial charge >= 0.3 is 0 Å². The molecule has 1 aliphatic heterocycles. The SMILES string of the molecule is C[C@H]1CCN(C(C)(C)C)C1. The standard InChI is InChI=1S/C9H19N/c1-8-5-6-10(7-8)9(2,3)4/h8H,5-7H2,1-4H3/t8-/m0/s1. The Morgan fingerprint density at radius 3 is 2.10 bits per heavy atom. The molecule has 0 N–H and O–H groups in total. The Balaban J connectivity index is 2.45. The molecule has 0 amide bonds. The third-order valence-corrected chi connectivity index (χ3v) is 2.37. The van der Waals surface area contributed by atoms with Gasteiger partial charge in [0, 0.05) is 12.1 Å². The molecule has 0 spiro atoms. The van der Waals surface area contributed by atoms with E-state index in [-0.39, 0.29) is 0 Å². The second kappa shape index (κ2) is 2.54. The summed E-state index contributed by atoms with van der Waals surface area (Å²) in [6.45, 7) is 11.8. The molecular formula is C9H19N. The first-order chi connectivity index (χ1) is 4.50. The summed E-state index contributed by atoms with van der Waals surface area (Å²) >= 11 is 0. The summed E-state index contributed by atoms with van der Waals surface area (Å²) in [5.74, 6) is 0.916. The van der Waals surface area contributed by atoms with Crippen LogP contribution in [0.2, 0.25) is 0 Å². The molecule has 1 rings (SSSR count). The van der Waals surface area contributed by atoms with Crippen molar-refractivity contribution in [2.24, 2.45) is 5.92 Å². The Morgan fingerprint density at radius 1 is 1.30 bits per heavy atom. The lowest BCUT2D eigenvalue weighted by molar-refractivity contribution is 0.169. The summed E-state index contributed by atoms with van der Waals surface area (Å²) in [6.07, 6.45) is 1.39. The van der Waals surface area contributed by atoms with Crippen LogP contribution in [-0.4, -0.2) is 23.5 Å². The van der Waals surface area contributed by atoms with E-state index >= 15 is 0 Å². The van der Waals surface area contributed by atoms with E-state index in [0.717, 1.165) is 5.92 Å². The molecule has 1 fully saturated rings. The minimum absolute atomic E-state index is 0.394. The molecule has 1 aliphatic rings. The fraction of sp³-hybridized carbons (Fsp3) is 1.00. The van der Waals surface area contributed by atoms with Gasteiger partial charge < -0.3 is 0 Å². The summed E-state index contributed by atoms with van der Waals surface area (Å²) in [6, 6.07) is 0. The molecule has 0 aliphatic carbocycles. The molecule has 0 radical (unpaired) electrons. The molecule has 1 nitrogen and oxygen atoms in total. The third kappa shape index (κ3) is 1.72. The smallest absolute Gasteiger partial charge is 0.0125 e. The average molecular weight is 141 g/mol. The predicted molar refractivity (Wildman–Crippen MR) is 45.1 cm³/mol. The lowest BCUT2D eigenvalue weighted by Gasteiger charge is -2.31. The Kier molecular flexibility index (Phi) is 2.04. The molecule has 1 atom stereocenters. The zero-order valence-corrected chi connectivity index (χ0v) is 7.65. The number of likely N-dealkylation sites (tertiary alicyclic amines) is 1. The molecule has 0 bridgehead atoms. The molecule has 0 unspecified atom stereocenters. The molecule has 1 heteroatoms. The van der Waals surface area contributed by atoms with Gasteiger partial charge in [-0.3, -0.25) is 4.90 Å². The second-order valence-electron chi connectivity index (χ2n) is 4.51. The number of nitrogens with zero attached hydrogens (tertiary/aromatic N) is 1. The van der Waals surface area contributed by atoms with Gasteiger partial charge in [-0.2, -0.15) is 0 Å². The molecule has 0 aromatic rings. The Morgan fingerprint density at radius 2 is 1.90 bits per heavy atom. The summed E-state index contributed by atoms with van der Waals surface area (Å²) in [4.78, 5) is 2.57. The van der Waals surface area contributed by atoms with E-state index < -0.39 is 0 Å². The van der Waals surface area contributed by atoms with Gasteiger partial charge in [-0.1, -0.05) is 6.92 Å². The van der Waals surface area contributed by atoms with Crippen molar-refractivity contribution in [2.75, 3.05) is 13.1 Å². The van der Waals surface area contributed by atoms with E-state index in [2.05, 4.69) is 32.6 Å². The van der Waals surface area contributed by atoms with Gasteiger partial charge in [-0.05, 0) is 39.7 Å².